The van der Waals surface area contributed by atoms with E-state index in [-0.39, 0.29) is 31.3 Å². The predicted octanol–water partition coefficient (Wildman–Crippen LogP) is 0.425. The molecule has 0 aromatic heterocycles. The molecule has 2 amide bonds. The van der Waals surface area contributed by atoms with Crippen molar-refractivity contribution in [3.63, 3.8) is 0 Å². The van der Waals surface area contributed by atoms with E-state index in [1.54, 1.807) is 0 Å². The number of alkyl halides is 3. The van der Waals surface area contributed by atoms with Gasteiger partial charge < -0.3 is 16.0 Å². The van der Waals surface area contributed by atoms with E-state index < -0.39 is 30.0 Å². The minimum absolute atomic E-state index is 0. The summed E-state index contributed by atoms with van der Waals surface area (Å²) in [6, 6.07) is -1.96. The van der Waals surface area contributed by atoms with Crippen molar-refractivity contribution in [3.8, 4) is 0 Å². The predicted molar refractivity (Wildman–Crippen MR) is 67.1 cm³/mol. The summed E-state index contributed by atoms with van der Waals surface area (Å²) >= 11 is 0. The van der Waals surface area contributed by atoms with Crippen LogP contribution in [0.25, 0.3) is 0 Å². The molecule has 0 aromatic rings. The zero-order valence-electron chi connectivity index (χ0n) is 10.7. The number of nitrogens with one attached hydrogen (secondary N) is 1. The van der Waals surface area contributed by atoms with Gasteiger partial charge in [0.05, 0.1) is 0 Å². The van der Waals surface area contributed by atoms with Crippen molar-refractivity contribution < 1.29 is 22.8 Å². The smallest absolute Gasteiger partial charge is 0.344 e. The number of amides is 2. The molecule has 3 atom stereocenters. The Morgan fingerprint density at radius 3 is 2.40 bits per heavy atom. The van der Waals surface area contributed by atoms with Gasteiger partial charge in [-0.25, -0.2) is 0 Å². The number of carbonyl (C=O) groups excluding carboxylic acids is 2. The number of likely N-dealkylation sites (tertiary alicyclic amines) is 1. The molecule has 20 heavy (non-hydrogen) atoms. The van der Waals surface area contributed by atoms with Gasteiger partial charge in [0, 0.05) is 19.1 Å². The summed E-state index contributed by atoms with van der Waals surface area (Å²) in [5.41, 5.74) is 5.66. The molecule has 116 valence electrons. The minimum atomic E-state index is -4.46. The van der Waals surface area contributed by atoms with E-state index in [9.17, 15) is 22.8 Å². The third kappa shape index (κ3) is 3.54. The minimum Gasteiger partial charge on any atom is -0.344 e. The quantitative estimate of drug-likeness (QED) is 0.689. The maximum Gasteiger partial charge on any atom is 0.408 e. The Hall–Kier alpha value is -1.02. The standard InChI is InChI=1S/C11H16F3N3O2.ClH/c12-11(13,14)8-2-1-7(9(18)16-8)10(19)17-4-3-6(15)5-17;/h6-8H,1-5,15H2,(H,16,18);1H/t6-,7?,8?;/m1./s1. The van der Waals surface area contributed by atoms with Gasteiger partial charge in [-0.05, 0) is 19.3 Å². The first kappa shape index (κ1) is 17.0. The molecule has 0 aromatic carbocycles. The van der Waals surface area contributed by atoms with Crippen molar-refractivity contribution in [2.45, 2.75) is 37.5 Å². The molecule has 2 fully saturated rings. The largest absolute Gasteiger partial charge is 0.408 e. The number of carbonyl (C=O) groups is 2. The summed E-state index contributed by atoms with van der Waals surface area (Å²) in [6.45, 7) is 0.831. The highest BCUT2D eigenvalue weighted by molar-refractivity contribution is 6.01. The topological polar surface area (TPSA) is 75.4 Å². The van der Waals surface area contributed by atoms with Gasteiger partial charge in [-0.2, -0.15) is 13.2 Å². The second kappa shape index (κ2) is 6.17. The average molecular weight is 316 g/mol. The van der Waals surface area contributed by atoms with Crippen LogP contribution in [0.15, 0.2) is 0 Å². The molecular formula is C11H17ClF3N3O2. The number of hydrogen-bond acceptors (Lipinski definition) is 3. The summed E-state index contributed by atoms with van der Waals surface area (Å²) in [7, 11) is 0. The molecule has 0 aliphatic carbocycles. The van der Waals surface area contributed by atoms with Crippen molar-refractivity contribution in [1.82, 2.24) is 10.2 Å². The molecule has 2 saturated heterocycles. The fraction of sp³-hybridized carbons (Fsp3) is 0.818. The summed E-state index contributed by atoms with van der Waals surface area (Å²) in [4.78, 5) is 25.1. The molecule has 2 aliphatic rings. The number of nitrogens with two attached hydrogens (primary N) is 1. The van der Waals surface area contributed by atoms with E-state index in [0.717, 1.165) is 0 Å². The van der Waals surface area contributed by atoms with Gasteiger partial charge in [0.1, 0.15) is 12.0 Å². The summed E-state index contributed by atoms with van der Waals surface area (Å²) in [5, 5.41) is 1.88. The van der Waals surface area contributed by atoms with Crippen molar-refractivity contribution in [1.29, 1.82) is 0 Å². The first-order valence-corrected chi connectivity index (χ1v) is 6.20. The number of halogens is 4. The molecule has 0 radical (unpaired) electrons. The maximum atomic E-state index is 12.5. The number of nitrogens with zero attached hydrogens (tertiary/aromatic N) is 1. The monoisotopic (exact) mass is 315 g/mol. The molecule has 2 rings (SSSR count). The van der Waals surface area contributed by atoms with Crippen LogP contribution < -0.4 is 11.1 Å². The van der Waals surface area contributed by atoms with Gasteiger partial charge in [-0.3, -0.25) is 9.59 Å². The molecule has 5 nitrogen and oxygen atoms in total. The lowest BCUT2D eigenvalue weighted by molar-refractivity contribution is -0.172. The number of rotatable bonds is 1. The Morgan fingerprint density at radius 2 is 1.95 bits per heavy atom. The van der Waals surface area contributed by atoms with Gasteiger partial charge in [0.15, 0.2) is 0 Å². The second-order valence-electron chi connectivity index (χ2n) is 5.07. The van der Waals surface area contributed by atoms with Crippen molar-refractivity contribution in [2.75, 3.05) is 13.1 Å². The Bertz CT molecular complexity index is 392. The van der Waals surface area contributed by atoms with Crippen LogP contribution in [0.3, 0.4) is 0 Å². The van der Waals surface area contributed by atoms with Crippen LogP contribution in [0.2, 0.25) is 0 Å². The zero-order valence-corrected chi connectivity index (χ0v) is 11.5. The van der Waals surface area contributed by atoms with Crippen LogP contribution in [-0.4, -0.2) is 48.1 Å². The molecule has 2 unspecified atom stereocenters. The van der Waals surface area contributed by atoms with E-state index in [1.807, 2.05) is 5.32 Å². The fourth-order valence-corrected chi connectivity index (χ4v) is 2.50. The van der Waals surface area contributed by atoms with Gasteiger partial charge >= 0.3 is 6.18 Å². The van der Waals surface area contributed by atoms with Crippen LogP contribution in [0.1, 0.15) is 19.3 Å². The van der Waals surface area contributed by atoms with Crippen LogP contribution in [-0.2, 0) is 9.59 Å². The van der Waals surface area contributed by atoms with Crippen LogP contribution in [0, 0.1) is 5.92 Å². The maximum absolute atomic E-state index is 12.5. The third-order valence-electron chi connectivity index (χ3n) is 3.61. The Balaban J connectivity index is 0.00000200. The lowest BCUT2D eigenvalue weighted by Gasteiger charge is -2.31. The van der Waals surface area contributed by atoms with Gasteiger partial charge in [-0.1, -0.05) is 0 Å². The first-order valence-electron chi connectivity index (χ1n) is 6.20. The van der Waals surface area contributed by atoms with Crippen molar-refractivity contribution in [3.05, 3.63) is 0 Å². The van der Waals surface area contributed by atoms with E-state index in [2.05, 4.69) is 0 Å². The van der Waals surface area contributed by atoms with Gasteiger partial charge in [0.2, 0.25) is 11.8 Å². The highest BCUT2D eigenvalue weighted by Gasteiger charge is 2.46. The molecule has 3 N–H and O–H groups in total. The van der Waals surface area contributed by atoms with E-state index in [4.69, 9.17) is 5.73 Å². The lowest BCUT2D eigenvalue weighted by atomic mass is 9.92. The third-order valence-corrected chi connectivity index (χ3v) is 3.61. The SMILES string of the molecule is Cl.N[C@@H]1CCN(C(=O)C2CCC(C(F)(F)F)NC2=O)C1. The zero-order chi connectivity index (χ0) is 14.2. The molecular weight excluding hydrogens is 299 g/mol. The fourth-order valence-electron chi connectivity index (χ4n) is 2.50. The summed E-state index contributed by atoms with van der Waals surface area (Å²) in [6.07, 6.45) is -4.13. The summed E-state index contributed by atoms with van der Waals surface area (Å²) in [5.74, 6) is -2.26. The normalized spacial score (nSPS) is 30.7. The molecule has 2 aliphatic heterocycles. The number of hydrogen-bond donors (Lipinski definition) is 2. The van der Waals surface area contributed by atoms with E-state index in [1.165, 1.54) is 4.90 Å². The highest BCUT2D eigenvalue weighted by atomic mass is 35.5. The van der Waals surface area contributed by atoms with Crippen molar-refractivity contribution in [2.24, 2.45) is 11.7 Å². The van der Waals surface area contributed by atoms with Gasteiger partial charge in [-0.15, -0.1) is 12.4 Å². The Morgan fingerprint density at radius 1 is 1.30 bits per heavy atom. The Kier molecular flexibility index (Phi) is 5.26. The lowest BCUT2D eigenvalue weighted by Crippen LogP contribution is -2.54. The molecule has 0 spiro atoms. The van der Waals surface area contributed by atoms with Crippen molar-refractivity contribution >= 4 is 24.2 Å². The van der Waals surface area contributed by atoms with Crippen LogP contribution >= 0.6 is 12.4 Å². The highest BCUT2D eigenvalue weighted by Crippen LogP contribution is 2.29. The molecule has 0 saturated carbocycles. The van der Waals surface area contributed by atoms with Gasteiger partial charge in [0.25, 0.3) is 0 Å². The van der Waals surface area contributed by atoms with Crippen LogP contribution in [0.5, 0.6) is 0 Å². The van der Waals surface area contributed by atoms with E-state index >= 15 is 0 Å². The average Bonchev–Trinajstić information content (AvgIpc) is 2.73. The molecule has 2 heterocycles. The summed E-state index contributed by atoms with van der Waals surface area (Å²) < 4.78 is 37.4. The number of piperidine rings is 1. The molecule has 9 heteroatoms. The second-order valence-corrected chi connectivity index (χ2v) is 5.07. The Labute approximate surface area is 120 Å². The molecule has 0 bridgehead atoms. The van der Waals surface area contributed by atoms with E-state index in [0.29, 0.717) is 19.5 Å². The first-order chi connectivity index (χ1) is 8.79. The van der Waals surface area contributed by atoms with Crippen LogP contribution in [0.4, 0.5) is 13.2 Å².